The first-order valence-corrected chi connectivity index (χ1v) is 24.5. The number of carbonyl (C=O) groups is 5. The number of nitrogens with one attached hydrogen (secondary N) is 2. The van der Waals surface area contributed by atoms with Crippen molar-refractivity contribution in [3.05, 3.63) is 140 Å². The monoisotopic (exact) mass is 988 g/mol. The highest BCUT2D eigenvalue weighted by molar-refractivity contribution is 6.31. The van der Waals surface area contributed by atoms with E-state index in [0.717, 1.165) is 23.1 Å². The fraction of sp³-hybridized carbons (Fsp3) is 0.463. The third kappa shape index (κ3) is 12.5. The van der Waals surface area contributed by atoms with E-state index in [1.54, 1.807) is 82.6 Å². The van der Waals surface area contributed by atoms with Crippen molar-refractivity contribution in [3.8, 4) is 0 Å². The fourth-order valence-corrected chi connectivity index (χ4v) is 9.67. The first-order chi connectivity index (χ1) is 31.8. The van der Waals surface area contributed by atoms with E-state index < -0.39 is 34.1 Å². The van der Waals surface area contributed by atoms with Crippen molar-refractivity contribution in [1.82, 2.24) is 20.4 Å². The normalized spacial score (nSPS) is 21.1. The summed E-state index contributed by atoms with van der Waals surface area (Å²) in [5.74, 6) is -1.11. The molecule has 0 unspecified atom stereocenters. The second-order valence-electron chi connectivity index (χ2n) is 20.1. The van der Waals surface area contributed by atoms with Crippen LogP contribution in [0, 0.1) is 22.7 Å². The smallest absolute Gasteiger partial charge is 0.251 e. The Kier molecular flexibility index (Phi) is 17.8. The Morgan fingerprint density at radius 3 is 1.44 bits per heavy atom. The SMILES string of the molecule is CC(=O)Cc1cccc(C(=O)N[C@@H](C(=O)N2CC[C@](O)(c3ccc(Cl)cc3)C(C)(C)C2)C(C)C)c1.CC[C@H](C)[C@@H](NC(=O)c1ccc(Cl)cc1)C(=O)N1CC[C@](O)(c2ccc(Cl)cc2)C(C)(C)C1. The van der Waals surface area contributed by atoms with Crippen LogP contribution in [0.1, 0.15) is 119 Å². The number of aliphatic hydroxyl groups is 2. The molecule has 0 aromatic heterocycles. The summed E-state index contributed by atoms with van der Waals surface area (Å²) in [7, 11) is 0. The molecule has 0 bridgehead atoms. The van der Waals surface area contributed by atoms with Crippen molar-refractivity contribution >= 4 is 64.2 Å². The van der Waals surface area contributed by atoms with Crippen LogP contribution in [0.25, 0.3) is 0 Å². The van der Waals surface area contributed by atoms with Gasteiger partial charge in [0.15, 0.2) is 0 Å². The van der Waals surface area contributed by atoms with Gasteiger partial charge in [0.1, 0.15) is 17.9 Å². The zero-order valence-electron chi connectivity index (χ0n) is 40.7. The molecule has 14 heteroatoms. The maximum atomic E-state index is 13.6. The summed E-state index contributed by atoms with van der Waals surface area (Å²) in [6.07, 6.45) is 1.77. The molecule has 2 heterocycles. The summed E-state index contributed by atoms with van der Waals surface area (Å²) in [6, 6.07) is 26.6. The highest BCUT2D eigenvalue weighted by Crippen LogP contribution is 2.47. The number of likely N-dealkylation sites (tertiary alicyclic amines) is 2. The lowest BCUT2D eigenvalue weighted by molar-refractivity contribution is -0.156. The first kappa shape index (κ1) is 54.2. The minimum Gasteiger partial charge on any atom is -0.384 e. The van der Waals surface area contributed by atoms with E-state index in [-0.39, 0.29) is 47.7 Å². The van der Waals surface area contributed by atoms with Gasteiger partial charge in [0.05, 0.1) is 11.2 Å². The van der Waals surface area contributed by atoms with E-state index in [1.807, 2.05) is 79.7 Å². The fourth-order valence-electron chi connectivity index (χ4n) is 9.29. The van der Waals surface area contributed by atoms with Crippen LogP contribution in [0.5, 0.6) is 0 Å². The molecule has 2 aliphatic heterocycles. The van der Waals surface area contributed by atoms with Crippen molar-refractivity contribution in [1.29, 1.82) is 0 Å². The second-order valence-corrected chi connectivity index (χ2v) is 21.4. The molecule has 2 aliphatic rings. The summed E-state index contributed by atoms with van der Waals surface area (Å²) in [4.78, 5) is 68.0. The third-order valence-electron chi connectivity index (χ3n) is 13.9. The molecule has 366 valence electrons. The standard InChI is InChI=1S/C28H35ClN2O4.C26H32Cl2N2O3/c1-18(2)24(30-25(33)21-8-6-7-20(16-21)15-19(3)32)26(34)31-14-13-28(35,27(4,5)17-31)22-9-11-23(29)12-10-22;1-5-17(2)22(29-23(31)18-6-10-20(27)11-7-18)24(32)30-15-14-26(33,25(3,4)16-30)19-8-12-21(28)13-9-19/h6-12,16,18,24,35H,13-15,17H2,1-5H3,(H,30,33);6-13,17,22,33H,5,14-16H2,1-4H3,(H,29,31)/t24-,28+;17-,22+,26-/m10/s1. The van der Waals surface area contributed by atoms with Crippen LogP contribution >= 0.6 is 34.8 Å². The summed E-state index contributed by atoms with van der Waals surface area (Å²) < 4.78 is 0. The lowest BCUT2D eigenvalue weighted by atomic mass is 9.66. The van der Waals surface area contributed by atoms with Gasteiger partial charge in [-0.2, -0.15) is 0 Å². The molecule has 0 saturated carbocycles. The number of hydrogen-bond acceptors (Lipinski definition) is 7. The molecular weight excluding hydrogens is 923 g/mol. The van der Waals surface area contributed by atoms with Gasteiger partial charge in [-0.25, -0.2) is 0 Å². The predicted octanol–water partition coefficient (Wildman–Crippen LogP) is 9.66. The molecule has 6 rings (SSSR count). The molecule has 68 heavy (non-hydrogen) atoms. The lowest BCUT2D eigenvalue weighted by Crippen LogP contribution is -2.60. The molecule has 5 atom stereocenters. The van der Waals surface area contributed by atoms with E-state index in [9.17, 15) is 34.2 Å². The van der Waals surface area contributed by atoms with Crippen molar-refractivity contribution < 1.29 is 34.2 Å². The van der Waals surface area contributed by atoms with Gasteiger partial charge >= 0.3 is 0 Å². The minimum atomic E-state index is -1.11. The zero-order valence-corrected chi connectivity index (χ0v) is 42.9. The van der Waals surface area contributed by atoms with Gasteiger partial charge in [0.25, 0.3) is 11.8 Å². The highest BCUT2D eigenvalue weighted by atomic mass is 35.5. The largest absolute Gasteiger partial charge is 0.384 e. The van der Waals surface area contributed by atoms with Crippen LogP contribution in [-0.2, 0) is 32.0 Å². The maximum Gasteiger partial charge on any atom is 0.251 e. The molecular formula is C54H67Cl3N4O7. The molecule has 4 aromatic rings. The molecule has 0 aliphatic carbocycles. The Hall–Kier alpha value is -4.78. The number of carbonyl (C=O) groups excluding carboxylic acids is 5. The van der Waals surface area contributed by atoms with Gasteiger partial charge in [0, 0.05) is 69.6 Å². The topological polar surface area (TPSA) is 156 Å². The van der Waals surface area contributed by atoms with Gasteiger partial charge in [0.2, 0.25) is 11.8 Å². The highest BCUT2D eigenvalue weighted by Gasteiger charge is 2.52. The molecule has 2 fully saturated rings. The zero-order chi connectivity index (χ0) is 50.4. The Labute approximate surface area is 416 Å². The Morgan fingerprint density at radius 2 is 1.03 bits per heavy atom. The Bertz CT molecular complexity index is 2430. The van der Waals surface area contributed by atoms with E-state index in [1.165, 1.54) is 6.92 Å². The van der Waals surface area contributed by atoms with Crippen LogP contribution < -0.4 is 10.6 Å². The molecule has 4 N–H and O–H groups in total. The summed E-state index contributed by atoms with van der Waals surface area (Å²) in [6.45, 7) is 18.6. The summed E-state index contributed by atoms with van der Waals surface area (Å²) in [5.41, 5.74) is -0.228. The number of ketones is 1. The predicted molar refractivity (Wildman–Crippen MR) is 270 cm³/mol. The molecule has 0 spiro atoms. The van der Waals surface area contributed by atoms with Crippen molar-refractivity contribution in [2.75, 3.05) is 26.2 Å². The molecule has 4 aromatic carbocycles. The van der Waals surface area contributed by atoms with E-state index in [2.05, 4.69) is 10.6 Å². The van der Waals surface area contributed by atoms with E-state index >= 15 is 0 Å². The number of rotatable bonds is 13. The Balaban J connectivity index is 0.000000255. The number of amides is 4. The second kappa shape index (κ2) is 22.3. The quantitative estimate of drug-likeness (QED) is 0.104. The molecule has 0 radical (unpaired) electrons. The minimum absolute atomic E-state index is 0.0177. The van der Waals surface area contributed by atoms with Crippen LogP contribution in [0.2, 0.25) is 15.1 Å². The first-order valence-electron chi connectivity index (χ1n) is 23.3. The van der Waals surface area contributed by atoms with Gasteiger partial charge in [-0.05, 0) is 109 Å². The van der Waals surface area contributed by atoms with Crippen molar-refractivity contribution in [3.63, 3.8) is 0 Å². The van der Waals surface area contributed by atoms with Gasteiger partial charge in [-0.3, -0.25) is 24.0 Å². The number of piperidine rings is 2. The number of nitrogens with zero attached hydrogens (tertiary/aromatic N) is 2. The van der Waals surface area contributed by atoms with Crippen LogP contribution in [-0.4, -0.2) is 87.7 Å². The number of hydrogen-bond donors (Lipinski definition) is 4. The van der Waals surface area contributed by atoms with E-state index in [4.69, 9.17) is 34.8 Å². The van der Waals surface area contributed by atoms with Crippen LogP contribution in [0.15, 0.2) is 97.1 Å². The van der Waals surface area contributed by atoms with Crippen LogP contribution in [0.4, 0.5) is 0 Å². The van der Waals surface area contributed by atoms with Crippen LogP contribution in [0.3, 0.4) is 0 Å². The van der Waals surface area contributed by atoms with Gasteiger partial charge < -0.3 is 30.6 Å². The number of halogens is 3. The molecule has 4 amide bonds. The van der Waals surface area contributed by atoms with Crippen molar-refractivity contribution in [2.24, 2.45) is 22.7 Å². The van der Waals surface area contributed by atoms with Gasteiger partial charge in [-0.15, -0.1) is 0 Å². The Morgan fingerprint density at radius 1 is 0.618 bits per heavy atom. The van der Waals surface area contributed by atoms with Crippen molar-refractivity contribution in [2.45, 2.75) is 111 Å². The number of benzene rings is 4. The average molecular weight is 991 g/mol. The molecule has 2 saturated heterocycles. The molecule has 11 nitrogen and oxygen atoms in total. The average Bonchev–Trinajstić information content (AvgIpc) is 3.29. The summed E-state index contributed by atoms with van der Waals surface area (Å²) in [5, 5.41) is 30.8. The third-order valence-corrected chi connectivity index (χ3v) is 14.7. The summed E-state index contributed by atoms with van der Waals surface area (Å²) >= 11 is 18.0. The maximum absolute atomic E-state index is 13.6. The lowest BCUT2D eigenvalue weighted by Gasteiger charge is -2.51. The van der Waals surface area contributed by atoms with E-state index in [0.29, 0.717) is 65.2 Å². The number of Topliss-reactive ketones (excluding diaryl/α,β-unsaturated/α-hetero) is 1. The van der Waals surface area contributed by atoms with Gasteiger partial charge in [-0.1, -0.05) is 133 Å².